The molecule has 1 saturated carbocycles. The van der Waals surface area contributed by atoms with Crippen LogP contribution in [0, 0.1) is 5.92 Å². The minimum atomic E-state index is -0.0631. The second kappa shape index (κ2) is 4.43. The minimum absolute atomic E-state index is 0.0444. The molecule has 0 spiro atoms. The molecule has 1 N–H and O–H groups in total. The number of nitrogens with one attached hydrogen (secondary N) is 1. The van der Waals surface area contributed by atoms with Crippen molar-refractivity contribution in [1.82, 2.24) is 4.98 Å². The number of halogens is 1. The number of carbonyl (C=O) groups is 1. The lowest BCUT2D eigenvalue weighted by Gasteiger charge is -2.00. The van der Waals surface area contributed by atoms with Crippen molar-refractivity contribution < 1.29 is 9.53 Å². The Morgan fingerprint density at radius 2 is 2.39 bits per heavy atom. The summed E-state index contributed by atoms with van der Waals surface area (Å²) in [6.45, 7) is 2.31. The molecule has 3 rings (SSSR count). The van der Waals surface area contributed by atoms with Crippen molar-refractivity contribution in [1.29, 1.82) is 0 Å². The van der Waals surface area contributed by atoms with Gasteiger partial charge in [0.25, 0.3) is 0 Å². The summed E-state index contributed by atoms with van der Waals surface area (Å²) in [5, 5.41) is 1.20. The third-order valence-electron chi connectivity index (χ3n) is 3.46. The van der Waals surface area contributed by atoms with Crippen molar-refractivity contribution in [2.45, 2.75) is 19.3 Å². The summed E-state index contributed by atoms with van der Waals surface area (Å²) in [7, 11) is 0. The first-order valence-corrected chi connectivity index (χ1v) is 6.93. The zero-order valence-electron chi connectivity index (χ0n) is 10.1. The summed E-state index contributed by atoms with van der Waals surface area (Å²) in [5.74, 6) is 0.293. The zero-order valence-corrected chi connectivity index (χ0v) is 11.7. The maximum Gasteiger partial charge on any atom is 0.309 e. The number of benzene rings is 1. The van der Waals surface area contributed by atoms with Crippen LogP contribution in [0.4, 0.5) is 0 Å². The van der Waals surface area contributed by atoms with E-state index in [1.54, 1.807) is 0 Å². The normalized spacial score (nSPS) is 22.1. The van der Waals surface area contributed by atoms with Crippen LogP contribution in [-0.4, -0.2) is 17.6 Å². The summed E-state index contributed by atoms with van der Waals surface area (Å²) >= 11 is 3.48. The number of ether oxygens (including phenoxy) is 1. The topological polar surface area (TPSA) is 42.1 Å². The number of hydrogen-bond acceptors (Lipinski definition) is 2. The molecule has 94 valence electrons. The van der Waals surface area contributed by atoms with Gasteiger partial charge in [0.15, 0.2) is 0 Å². The van der Waals surface area contributed by atoms with Crippen LogP contribution < -0.4 is 0 Å². The Bertz CT molecular complexity index is 605. The highest BCUT2D eigenvalue weighted by Gasteiger charge is 2.46. The van der Waals surface area contributed by atoms with Gasteiger partial charge in [0.1, 0.15) is 0 Å². The van der Waals surface area contributed by atoms with E-state index < -0.39 is 0 Å². The first kappa shape index (κ1) is 11.8. The fourth-order valence-electron chi connectivity index (χ4n) is 2.47. The lowest BCUT2D eigenvalue weighted by molar-refractivity contribution is -0.144. The van der Waals surface area contributed by atoms with Crippen molar-refractivity contribution in [3.63, 3.8) is 0 Å². The molecule has 1 aliphatic carbocycles. The van der Waals surface area contributed by atoms with Gasteiger partial charge in [-0.25, -0.2) is 0 Å². The molecule has 0 unspecified atom stereocenters. The number of rotatable bonds is 3. The molecular formula is C14H14BrNO2. The SMILES string of the molecule is CCOC(=O)[C@@H]1C[C@@H]1c1c[nH]c2ccc(Br)cc12. The Morgan fingerprint density at radius 1 is 1.56 bits per heavy atom. The predicted molar refractivity (Wildman–Crippen MR) is 73.5 cm³/mol. The first-order chi connectivity index (χ1) is 8.70. The van der Waals surface area contributed by atoms with Crippen LogP contribution >= 0.6 is 15.9 Å². The van der Waals surface area contributed by atoms with Crippen molar-refractivity contribution >= 4 is 32.8 Å². The number of carbonyl (C=O) groups excluding carboxylic acids is 1. The van der Waals surface area contributed by atoms with Crippen molar-refractivity contribution in [3.8, 4) is 0 Å². The van der Waals surface area contributed by atoms with Gasteiger partial charge in [0.2, 0.25) is 0 Å². The second-order valence-corrected chi connectivity index (χ2v) is 5.55. The highest BCUT2D eigenvalue weighted by atomic mass is 79.9. The van der Waals surface area contributed by atoms with Gasteiger partial charge in [0.05, 0.1) is 12.5 Å². The van der Waals surface area contributed by atoms with Crippen molar-refractivity contribution in [2.24, 2.45) is 5.92 Å². The number of hydrogen-bond donors (Lipinski definition) is 1. The van der Waals surface area contributed by atoms with Gasteiger partial charge in [-0.1, -0.05) is 15.9 Å². The van der Waals surface area contributed by atoms with Crippen molar-refractivity contribution in [3.05, 3.63) is 34.4 Å². The summed E-state index contributed by atoms with van der Waals surface area (Å²) in [5.41, 5.74) is 2.34. The van der Waals surface area contributed by atoms with Crippen LogP contribution in [0.1, 0.15) is 24.8 Å². The lowest BCUT2D eigenvalue weighted by atomic mass is 10.1. The van der Waals surface area contributed by atoms with E-state index >= 15 is 0 Å². The number of aromatic amines is 1. The van der Waals surface area contributed by atoms with E-state index in [2.05, 4.69) is 27.0 Å². The van der Waals surface area contributed by atoms with E-state index in [4.69, 9.17) is 4.74 Å². The fourth-order valence-corrected chi connectivity index (χ4v) is 2.83. The summed E-state index contributed by atoms with van der Waals surface area (Å²) in [4.78, 5) is 14.9. The lowest BCUT2D eigenvalue weighted by Crippen LogP contribution is -2.07. The van der Waals surface area contributed by atoms with Crippen molar-refractivity contribution in [2.75, 3.05) is 6.61 Å². The molecule has 1 aromatic carbocycles. The van der Waals surface area contributed by atoms with Crippen LogP contribution in [0.5, 0.6) is 0 Å². The molecule has 3 nitrogen and oxygen atoms in total. The first-order valence-electron chi connectivity index (χ1n) is 6.14. The van der Waals surface area contributed by atoms with Gasteiger partial charge in [-0.15, -0.1) is 0 Å². The van der Waals surface area contributed by atoms with E-state index in [0.29, 0.717) is 12.5 Å². The Morgan fingerprint density at radius 3 is 3.17 bits per heavy atom. The largest absolute Gasteiger partial charge is 0.466 e. The maximum atomic E-state index is 11.7. The fraction of sp³-hybridized carbons (Fsp3) is 0.357. The minimum Gasteiger partial charge on any atom is -0.466 e. The van der Waals surface area contributed by atoms with E-state index in [1.165, 1.54) is 10.9 Å². The third kappa shape index (κ3) is 1.94. The highest BCUT2D eigenvalue weighted by Crippen LogP contribution is 2.50. The van der Waals surface area contributed by atoms with Gasteiger partial charge in [-0.2, -0.15) is 0 Å². The van der Waals surface area contributed by atoms with Crippen LogP contribution in [0.3, 0.4) is 0 Å². The monoisotopic (exact) mass is 307 g/mol. The molecule has 1 aliphatic rings. The molecule has 0 radical (unpaired) electrons. The molecule has 1 heterocycles. The molecule has 1 aromatic heterocycles. The molecule has 2 atom stereocenters. The van der Waals surface area contributed by atoms with Crippen LogP contribution in [-0.2, 0) is 9.53 Å². The third-order valence-corrected chi connectivity index (χ3v) is 3.95. The molecule has 0 bridgehead atoms. The summed E-state index contributed by atoms with van der Waals surface area (Å²) in [6.07, 6.45) is 2.92. The van der Waals surface area contributed by atoms with Gasteiger partial charge >= 0.3 is 5.97 Å². The second-order valence-electron chi connectivity index (χ2n) is 4.63. The zero-order chi connectivity index (χ0) is 12.7. The number of H-pyrrole nitrogens is 1. The molecule has 0 saturated heterocycles. The summed E-state index contributed by atoms with van der Waals surface area (Å²) < 4.78 is 6.13. The van der Waals surface area contributed by atoms with Crippen LogP contribution in [0.15, 0.2) is 28.9 Å². The van der Waals surface area contributed by atoms with E-state index in [1.807, 2.05) is 25.3 Å². The molecule has 2 aromatic rings. The Kier molecular flexibility index (Phi) is 2.90. The number of esters is 1. The number of fused-ring (bicyclic) bond motifs is 1. The van der Waals surface area contributed by atoms with Gasteiger partial charge in [-0.05, 0) is 37.1 Å². The molecular weight excluding hydrogens is 294 g/mol. The van der Waals surface area contributed by atoms with Gasteiger partial charge in [0, 0.05) is 27.5 Å². The Hall–Kier alpha value is -1.29. The maximum absolute atomic E-state index is 11.7. The quantitative estimate of drug-likeness (QED) is 0.880. The molecule has 1 fully saturated rings. The van der Waals surface area contributed by atoms with E-state index in [0.717, 1.165) is 16.4 Å². The predicted octanol–water partition coefficient (Wildman–Crippen LogP) is 3.60. The highest BCUT2D eigenvalue weighted by molar-refractivity contribution is 9.10. The van der Waals surface area contributed by atoms with Gasteiger partial charge < -0.3 is 9.72 Å². The molecule has 0 amide bonds. The Balaban J connectivity index is 1.88. The van der Waals surface area contributed by atoms with Crippen LogP contribution in [0.25, 0.3) is 10.9 Å². The smallest absolute Gasteiger partial charge is 0.309 e. The Labute approximate surface area is 114 Å². The van der Waals surface area contributed by atoms with Crippen LogP contribution in [0.2, 0.25) is 0 Å². The molecule has 4 heteroatoms. The van der Waals surface area contributed by atoms with E-state index in [-0.39, 0.29) is 11.9 Å². The average Bonchev–Trinajstić information content (AvgIpc) is 3.04. The molecule has 0 aliphatic heterocycles. The van der Waals surface area contributed by atoms with Gasteiger partial charge in [-0.3, -0.25) is 4.79 Å². The standard InChI is InChI=1S/C14H14BrNO2/c1-2-18-14(17)11-6-9(11)12-7-16-13-4-3-8(15)5-10(12)13/h3-5,7,9,11,16H,2,6H2,1H3/t9-,11+/m0/s1. The number of aromatic nitrogens is 1. The average molecular weight is 308 g/mol. The molecule has 18 heavy (non-hydrogen) atoms. The summed E-state index contributed by atoms with van der Waals surface area (Å²) in [6, 6.07) is 6.16. The van der Waals surface area contributed by atoms with E-state index in [9.17, 15) is 4.79 Å².